The number of nitrogens with one attached hydrogen (secondary N) is 1. The zero-order valence-electron chi connectivity index (χ0n) is 13.7. The van der Waals surface area contributed by atoms with E-state index in [4.69, 9.17) is 0 Å². The number of anilines is 1. The third-order valence-corrected chi connectivity index (χ3v) is 4.49. The van der Waals surface area contributed by atoms with Crippen LogP contribution in [0.2, 0.25) is 0 Å². The first-order valence-corrected chi connectivity index (χ1v) is 8.50. The van der Waals surface area contributed by atoms with Crippen molar-refractivity contribution in [2.45, 2.75) is 5.16 Å². The van der Waals surface area contributed by atoms with Crippen LogP contribution in [0.4, 0.5) is 11.4 Å². The third-order valence-electron chi connectivity index (χ3n) is 3.47. The number of carbonyl (C=O) groups is 1. The number of rotatable bonds is 6. The molecule has 1 amide bonds. The number of amides is 1. The van der Waals surface area contributed by atoms with Gasteiger partial charge < -0.3 is 9.88 Å². The van der Waals surface area contributed by atoms with E-state index in [1.807, 2.05) is 19.2 Å². The smallest absolute Gasteiger partial charge is 0.269 e. The van der Waals surface area contributed by atoms with Crippen molar-refractivity contribution in [3.05, 3.63) is 58.9 Å². The topological polar surface area (TPSA) is 116 Å². The summed E-state index contributed by atoms with van der Waals surface area (Å²) in [6.45, 7) is 0. The Morgan fingerprint density at radius 3 is 2.54 bits per heavy atom. The molecule has 2 aromatic heterocycles. The van der Waals surface area contributed by atoms with Crippen molar-refractivity contribution < 1.29 is 9.72 Å². The first kappa shape index (κ1) is 17.5. The monoisotopic (exact) mass is 370 g/mol. The van der Waals surface area contributed by atoms with Crippen LogP contribution in [0.3, 0.4) is 0 Å². The molecule has 0 aliphatic rings. The Hall–Kier alpha value is -3.27. The summed E-state index contributed by atoms with van der Waals surface area (Å²) in [4.78, 5) is 26.2. The SMILES string of the molecule is Cn1c(SCC(=O)Nc2ccc([N+](=O)[O-])cc2)nnc1-c1ccncc1. The zero-order valence-corrected chi connectivity index (χ0v) is 14.5. The first-order valence-electron chi connectivity index (χ1n) is 7.51. The molecule has 26 heavy (non-hydrogen) atoms. The van der Waals surface area contributed by atoms with Gasteiger partial charge >= 0.3 is 0 Å². The number of pyridine rings is 1. The lowest BCUT2D eigenvalue weighted by Crippen LogP contribution is -2.14. The van der Waals surface area contributed by atoms with Crippen molar-refractivity contribution in [2.24, 2.45) is 7.05 Å². The average molecular weight is 370 g/mol. The van der Waals surface area contributed by atoms with Crippen molar-refractivity contribution in [2.75, 3.05) is 11.1 Å². The molecule has 1 aromatic carbocycles. The van der Waals surface area contributed by atoms with Gasteiger partial charge in [-0.05, 0) is 24.3 Å². The van der Waals surface area contributed by atoms with Gasteiger partial charge in [0, 0.05) is 42.8 Å². The van der Waals surface area contributed by atoms with Crippen LogP contribution in [-0.4, -0.2) is 36.3 Å². The molecule has 0 saturated carbocycles. The standard InChI is InChI=1S/C16H14N6O3S/c1-21-15(11-6-8-17-9-7-11)19-20-16(21)26-10-14(23)18-12-2-4-13(5-3-12)22(24)25/h2-9H,10H2,1H3,(H,18,23). The number of hydrogen-bond donors (Lipinski definition) is 1. The Morgan fingerprint density at radius 2 is 1.88 bits per heavy atom. The molecule has 0 spiro atoms. The Kier molecular flexibility index (Phi) is 5.23. The molecule has 0 aliphatic heterocycles. The highest BCUT2D eigenvalue weighted by molar-refractivity contribution is 7.99. The van der Waals surface area contributed by atoms with E-state index < -0.39 is 4.92 Å². The minimum Gasteiger partial charge on any atom is -0.325 e. The van der Waals surface area contributed by atoms with Crippen LogP contribution in [-0.2, 0) is 11.8 Å². The quantitative estimate of drug-likeness (QED) is 0.402. The molecule has 0 unspecified atom stereocenters. The van der Waals surface area contributed by atoms with Crippen LogP contribution < -0.4 is 5.32 Å². The number of hydrogen-bond acceptors (Lipinski definition) is 7. The van der Waals surface area contributed by atoms with E-state index in [0.29, 0.717) is 16.7 Å². The van der Waals surface area contributed by atoms with Gasteiger partial charge in [-0.3, -0.25) is 19.9 Å². The van der Waals surface area contributed by atoms with E-state index in [1.165, 1.54) is 36.0 Å². The van der Waals surface area contributed by atoms with Crippen molar-refractivity contribution in [3.63, 3.8) is 0 Å². The van der Waals surface area contributed by atoms with Gasteiger partial charge in [-0.1, -0.05) is 11.8 Å². The summed E-state index contributed by atoms with van der Waals surface area (Å²) in [6, 6.07) is 9.33. The first-order chi connectivity index (χ1) is 12.5. The van der Waals surface area contributed by atoms with Crippen LogP contribution in [0, 0.1) is 10.1 Å². The lowest BCUT2D eigenvalue weighted by molar-refractivity contribution is -0.384. The summed E-state index contributed by atoms with van der Waals surface area (Å²) in [7, 11) is 1.83. The number of carbonyl (C=O) groups excluding carboxylic acids is 1. The highest BCUT2D eigenvalue weighted by Crippen LogP contribution is 2.22. The maximum Gasteiger partial charge on any atom is 0.269 e. The summed E-state index contributed by atoms with van der Waals surface area (Å²) in [6.07, 6.45) is 3.35. The van der Waals surface area contributed by atoms with Gasteiger partial charge in [0.15, 0.2) is 11.0 Å². The lowest BCUT2D eigenvalue weighted by atomic mass is 10.2. The van der Waals surface area contributed by atoms with E-state index in [9.17, 15) is 14.9 Å². The molecule has 0 fully saturated rings. The molecular formula is C16H14N6O3S. The number of nitro benzene ring substituents is 1. The summed E-state index contributed by atoms with van der Waals surface area (Å²) >= 11 is 1.25. The van der Waals surface area contributed by atoms with Crippen molar-refractivity contribution in [1.82, 2.24) is 19.7 Å². The lowest BCUT2D eigenvalue weighted by Gasteiger charge is -2.05. The van der Waals surface area contributed by atoms with Crippen molar-refractivity contribution >= 4 is 29.0 Å². The maximum absolute atomic E-state index is 12.1. The van der Waals surface area contributed by atoms with Crippen molar-refractivity contribution in [1.29, 1.82) is 0 Å². The molecular weight excluding hydrogens is 356 g/mol. The fourth-order valence-electron chi connectivity index (χ4n) is 2.19. The summed E-state index contributed by atoms with van der Waals surface area (Å²) in [5.74, 6) is 0.585. The zero-order chi connectivity index (χ0) is 18.5. The van der Waals surface area contributed by atoms with Gasteiger partial charge in [-0.15, -0.1) is 10.2 Å². The molecule has 0 atom stereocenters. The largest absolute Gasteiger partial charge is 0.325 e. The highest BCUT2D eigenvalue weighted by Gasteiger charge is 2.13. The Morgan fingerprint density at radius 1 is 1.19 bits per heavy atom. The van der Waals surface area contributed by atoms with Gasteiger partial charge in [-0.2, -0.15) is 0 Å². The van der Waals surface area contributed by atoms with E-state index in [0.717, 1.165) is 5.56 Å². The minimum absolute atomic E-state index is 0.0277. The van der Waals surface area contributed by atoms with Gasteiger partial charge in [0.2, 0.25) is 5.91 Å². The summed E-state index contributed by atoms with van der Waals surface area (Å²) < 4.78 is 1.80. The molecule has 132 valence electrons. The number of nitrogens with zero attached hydrogens (tertiary/aromatic N) is 5. The predicted molar refractivity (Wildman–Crippen MR) is 96.7 cm³/mol. The Labute approximate surface area is 152 Å². The molecule has 0 bridgehead atoms. The number of thioether (sulfide) groups is 1. The molecule has 0 radical (unpaired) electrons. The van der Waals surface area contributed by atoms with Gasteiger partial charge in [0.1, 0.15) is 0 Å². The average Bonchev–Trinajstić information content (AvgIpc) is 3.02. The van der Waals surface area contributed by atoms with E-state index in [-0.39, 0.29) is 17.3 Å². The minimum atomic E-state index is -0.490. The molecule has 9 nitrogen and oxygen atoms in total. The fourth-order valence-corrected chi connectivity index (χ4v) is 2.90. The van der Waals surface area contributed by atoms with Crippen LogP contribution in [0.1, 0.15) is 0 Å². The predicted octanol–water partition coefficient (Wildman–Crippen LogP) is 2.52. The van der Waals surface area contributed by atoms with E-state index in [2.05, 4.69) is 20.5 Å². The van der Waals surface area contributed by atoms with Crippen LogP contribution in [0.25, 0.3) is 11.4 Å². The highest BCUT2D eigenvalue weighted by atomic mass is 32.2. The number of nitro groups is 1. The molecule has 2 heterocycles. The van der Waals surface area contributed by atoms with Crippen LogP contribution in [0.15, 0.2) is 53.9 Å². The van der Waals surface area contributed by atoms with Crippen molar-refractivity contribution in [3.8, 4) is 11.4 Å². The van der Waals surface area contributed by atoms with Crippen LogP contribution in [0.5, 0.6) is 0 Å². The second-order valence-corrected chi connectivity index (χ2v) is 6.18. The third kappa shape index (κ3) is 4.03. The molecule has 0 saturated heterocycles. The molecule has 3 rings (SSSR count). The van der Waals surface area contributed by atoms with Gasteiger partial charge in [-0.25, -0.2) is 0 Å². The van der Waals surface area contributed by atoms with E-state index >= 15 is 0 Å². The fraction of sp³-hybridized carbons (Fsp3) is 0.125. The second kappa shape index (κ2) is 7.74. The maximum atomic E-state index is 12.1. The molecule has 1 N–H and O–H groups in total. The van der Waals surface area contributed by atoms with Gasteiger partial charge in [0.25, 0.3) is 5.69 Å². The summed E-state index contributed by atoms with van der Waals surface area (Å²) in [5.41, 5.74) is 1.36. The molecule has 0 aliphatic carbocycles. The second-order valence-electron chi connectivity index (χ2n) is 5.24. The summed E-state index contributed by atoms with van der Waals surface area (Å²) in [5, 5.41) is 22.2. The van der Waals surface area contributed by atoms with Gasteiger partial charge in [0.05, 0.1) is 10.7 Å². The number of non-ortho nitro benzene ring substituents is 1. The molecule has 10 heteroatoms. The number of benzene rings is 1. The Balaban J connectivity index is 1.60. The Bertz CT molecular complexity index is 927. The number of aromatic nitrogens is 4. The molecule has 3 aromatic rings. The van der Waals surface area contributed by atoms with Crippen LogP contribution >= 0.6 is 11.8 Å². The van der Waals surface area contributed by atoms with E-state index in [1.54, 1.807) is 17.0 Å². The normalized spacial score (nSPS) is 10.5.